The molecule has 0 spiro atoms. The first-order valence-corrected chi connectivity index (χ1v) is 13.6. The number of nitrogens with one attached hydrogen (secondary N) is 1. The molecule has 1 amide bonds. The first kappa shape index (κ1) is 29.4. The van der Waals surface area contributed by atoms with Crippen molar-refractivity contribution >= 4 is 29.2 Å². The molecule has 0 aliphatic heterocycles. The van der Waals surface area contributed by atoms with E-state index in [-0.39, 0.29) is 0 Å². The van der Waals surface area contributed by atoms with Gasteiger partial charge in [0.2, 0.25) is 5.95 Å². The average molecular weight is 556 g/mol. The highest BCUT2D eigenvalue weighted by molar-refractivity contribution is 5.98. The van der Waals surface area contributed by atoms with Gasteiger partial charge in [-0.2, -0.15) is 4.98 Å². The first-order valence-electron chi connectivity index (χ1n) is 13.6. The third kappa shape index (κ3) is 7.95. The summed E-state index contributed by atoms with van der Waals surface area (Å²) in [5, 5.41) is 3.21. The summed E-state index contributed by atoms with van der Waals surface area (Å²) in [6.45, 7) is 7.75. The Bertz CT molecular complexity index is 1420. The van der Waals surface area contributed by atoms with Crippen molar-refractivity contribution in [3.63, 3.8) is 0 Å². The standard InChI is InChI=1S/C32H37N5O4/c1-6-39-28-14-8-7-13-27(28)37(32(38)41-30-23(2)11-9-12-24(30)3)29-19-20-33-31(35-29)34-25-15-17-26(18-16-25)40-22-10-21-36(4)5/h7-9,11-20H,6,10,21-22H2,1-5H3,(H,33,34,35). The van der Waals surface area contributed by atoms with Crippen molar-refractivity contribution in [2.24, 2.45) is 0 Å². The maximum atomic E-state index is 13.8. The van der Waals surface area contributed by atoms with Gasteiger partial charge in [0.25, 0.3) is 0 Å². The van der Waals surface area contributed by atoms with Gasteiger partial charge in [0, 0.05) is 24.5 Å². The number of carbonyl (C=O) groups excluding carboxylic acids is 1. The normalized spacial score (nSPS) is 10.8. The van der Waals surface area contributed by atoms with Gasteiger partial charge in [-0.25, -0.2) is 14.7 Å². The zero-order valence-corrected chi connectivity index (χ0v) is 24.3. The Hall–Kier alpha value is -4.63. The highest BCUT2D eigenvalue weighted by Gasteiger charge is 2.26. The topological polar surface area (TPSA) is 89.0 Å². The van der Waals surface area contributed by atoms with Crippen LogP contribution < -0.4 is 24.4 Å². The smallest absolute Gasteiger partial charge is 0.425 e. The van der Waals surface area contributed by atoms with E-state index in [1.165, 1.54) is 4.90 Å². The molecule has 0 unspecified atom stereocenters. The Kier molecular flexibility index (Phi) is 10.1. The summed E-state index contributed by atoms with van der Waals surface area (Å²) in [6, 6.07) is 22.3. The molecule has 4 aromatic rings. The van der Waals surface area contributed by atoms with E-state index in [9.17, 15) is 4.79 Å². The van der Waals surface area contributed by atoms with Gasteiger partial charge < -0.3 is 24.4 Å². The molecule has 9 nitrogen and oxygen atoms in total. The number of hydrogen-bond acceptors (Lipinski definition) is 8. The molecular weight excluding hydrogens is 518 g/mol. The van der Waals surface area contributed by atoms with Crippen LogP contribution in [0.1, 0.15) is 24.5 Å². The molecule has 0 aliphatic rings. The Labute approximate surface area is 241 Å². The van der Waals surface area contributed by atoms with Gasteiger partial charge in [0.15, 0.2) is 0 Å². The molecule has 0 bridgehead atoms. The number of rotatable bonds is 12. The van der Waals surface area contributed by atoms with E-state index in [0.717, 1.165) is 35.5 Å². The summed E-state index contributed by atoms with van der Waals surface area (Å²) in [6.07, 6.45) is 1.92. The van der Waals surface area contributed by atoms with Gasteiger partial charge in [-0.05, 0) is 88.8 Å². The number of ether oxygens (including phenoxy) is 3. The summed E-state index contributed by atoms with van der Waals surface area (Å²) >= 11 is 0. The molecule has 1 heterocycles. The minimum atomic E-state index is -0.616. The number of aryl methyl sites for hydroxylation is 2. The zero-order chi connectivity index (χ0) is 29.2. The lowest BCUT2D eigenvalue weighted by atomic mass is 10.1. The Morgan fingerprint density at radius 1 is 0.902 bits per heavy atom. The maximum absolute atomic E-state index is 13.8. The molecule has 1 N–H and O–H groups in total. The number of hydrogen-bond donors (Lipinski definition) is 1. The van der Waals surface area contributed by atoms with Gasteiger partial charge >= 0.3 is 6.09 Å². The van der Waals surface area contributed by atoms with Crippen LogP contribution in [-0.4, -0.2) is 54.8 Å². The van der Waals surface area contributed by atoms with Crippen LogP contribution in [0.25, 0.3) is 0 Å². The van der Waals surface area contributed by atoms with Crippen molar-refractivity contribution in [1.29, 1.82) is 0 Å². The number of carbonyl (C=O) groups is 1. The molecule has 0 radical (unpaired) electrons. The number of para-hydroxylation sites is 3. The molecule has 0 atom stereocenters. The summed E-state index contributed by atoms with van der Waals surface area (Å²) in [5.41, 5.74) is 2.99. The highest BCUT2D eigenvalue weighted by atomic mass is 16.6. The lowest BCUT2D eigenvalue weighted by molar-refractivity contribution is 0.209. The number of aromatic nitrogens is 2. The number of amides is 1. The summed E-state index contributed by atoms with van der Waals surface area (Å²) in [5.74, 6) is 2.47. The van der Waals surface area contributed by atoms with Crippen molar-refractivity contribution in [3.05, 3.63) is 90.1 Å². The van der Waals surface area contributed by atoms with Crippen molar-refractivity contribution in [2.45, 2.75) is 27.2 Å². The second kappa shape index (κ2) is 14.1. The SMILES string of the molecule is CCOc1ccccc1N(C(=O)Oc1c(C)cccc1C)c1ccnc(Nc2ccc(OCCCN(C)C)cc2)n1. The summed E-state index contributed by atoms with van der Waals surface area (Å²) in [7, 11) is 4.09. The molecule has 4 rings (SSSR count). The van der Waals surface area contributed by atoms with Crippen molar-refractivity contribution in [1.82, 2.24) is 14.9 Å². The average Bonchev–Trinajstić information content (AvgIpc) is 2.95. The van der Waals surface area contributed by atoms with E-state index < -0.39 is 6.09 Å². The Balaban J connectivity index is 1.59. The van der Waals surface area contributed by atoms with E-state index in [1.54, 1.807) is 18.3 Å². The monoisotopic (exact) mass is 555 g/mol. The van der Waals surface area contributed by atoms with Crippen molar-refractivity contribution in [2.75, 3.05) is 44.1 Å². The number of benzene rings is 3. The number of anilines is 4. The second-order valence-electron chi connectivity index (χ2n) is 9.72. The Morgan fingerprint density at radius 3 is 2.34 bits per heavy atom. The fraction of sp³-hybridized carbons (Fsp3) is 0.281. The molecule has 1 aromatic heterocycles. The van der Waals surface area contributed by atoms with Gasteiger partial charge in [0.1, 0.15) is 23.1 Å². The van der Waals surface area contributed by atoms with Crippen molar-refractivity contribution < 1.29 is 19.0 Å². The summed E-state index contributed by atoms with van der Waals surface area (Å²) in [4.78, 5) is 26.3. The van der Waals surface area contributed by atoms with Gasteiger partial charge in [-0.3, -0.25) is 0 Å². The van der Waals surface area contributed by atoms with Crippen LogP contribution in [-0.2, 0) is 0 Å². The van der Waals surface area contributed by atoms with Gasteiger partial charge in [-0.15, -0.1) is 0 Å². The third-order valence-electron chi connectivity index (χ3n) is 6.19. The van der Waals surface area contributed by atoms with Crippen LogP contribution in [0.2, 0.25) is 0 Å². The molecule has 3 aromatic carbocycles. The van der Waals surface area contributed by atoms with Crippen LogP contribution in [0.3, 0.4) is 0 Å². The lowest BCUT2D eigenvalue weighted by Crippen LogP contribution is -2.31. The second-order valence-corrected chi connectivity index (χ2v) is 9.72. The maximum Gasteiger partial charge on any atom is 0.425 e. The van der Waals surface area contributed by atoms with E-state index >= 15 is 0 Å². The highest BCUT2D eigenvalue weighted by Crippen LogP contribution is 2.35. The predicted octanol–water partition coefficient (Wildman–Crippen LogP) is 6.90. The Morgan fingerprint density at radius 2 is 1.63 bits per heavy atom. The van der Waals surface area contributed by atoms with Crippen LogP contribution in [0, 0.1) is 13.8 Å². The third-order valence-corrected chi connectivity index (χ3v) is 6.19. The molecule has 0 fully saturated rings. The van der Waals surface area contributed by atoms with E-state index in [0.29, 0.717) is 42.2 Å². The molecule has 9 heteroatoms. The van der Waals surface area contributed by atoms with Gasteiger partial charge in [0.05, 0.1) is 18.9 Å². The van der Waals surface area contributed by atoms with E-state index in [1.807, 2.05) is 95.5 Å². The van der Waals surface area contributed by atoms with Crippen molar-refractivity contribution in [3.8, 4) is 17.2 Å². The lowest BCUT2D eigenvalue weighted by Gasteiger charge is -2.24. The largest absolute Gasteiger partial charge is 0.494 e. The molecule has 0 saturated heterocycles. The van der Waals surface area contributed by atoms with Crippen LogP contribution in [0.5, 0.6) is 17.2 Å². The van der Waals surface area contributed by atoms with Gasteiger partial charge in [-0.1, -0.05) is 30.3 Å². The zero-order valence-electron chi connectivity index (χ0n) is 24.3. The first-order chi connectivity index (χ1) is 19.9. The predicted molar refractivity (Wildman–Crippen MR) is 162 cm³/mol. The van der Waals surface area contributed by atoms with E-state index in [2.05, 4.69) is 20.2 Å². The molecule has 0 saturated carbocycles. The number of nitrogens with zero attached hydrogens (tertiary/aromatic N) is 4. The fourth-order valence-electron chi connectivity index (χ4n) is 4.20. The minimum absolute atomic E-state index is 0.320. The van der Waals surface area contributed by atoms with Crippen LogP contribution >= 0.6 is 0 Å². The molecule has 214 valence electrons. The summed E-state index contributed by atoms with van der Waals surface area (Å²) < 4.78 is 17.6. The fourth-order valence-corrected chi connectivity index (χ4v) is 4.20. The van der Waals surface area contributed by atoms with Crippen LogP contribution in [0.15, 0.2) is 79.0 Å². The quantitative estimate of drug-likeness (QED) is 0.189. The van der Waals surface area contributed by atoms with E-state index in [4.69, 9.17) is 14.2 Å². The molecule has 41 heavy (non-hydrogen) atoms. The minimum Gasteiger partial charge on any atom is -0.494 e. The van der Waals surface area contributed by atoms with Crippen LogP contribution in [0.4, 0.5) is 27.9 Å². The molecular formula is C32H37N5O4. The molecule has 0 aliphatic carbocycles.